The van der Waals surface area contributed by atoms with Gasteiger partial charge in [-0.05, 0) is 44.7 Å². The van der Waals surface area contributed by atoms with E-state index in [2.05, 4.69) is 9.71 Å². The molecule has 1 atom stereocenters. The van der Waals surface area contributed by atoms with Gasteiger partial charge in [-0.2, -0.15) is 0 Å². The van der Waals surface area contributed by atoms with Crippen LogP contribution in [-0.2, 0) is 10.0 Å². The van der Waals surface area contributed by atoms with Crippen LogP contribution in [0.15, 0.2) is 18.2 Å². The van der Waals surface area contributed by atoms with Crippen LogP contribution in [0.2, 0.25) is 0 Å². The quantitative estimate of drug-likeness (QED) is 0.898. The van der Waals surface area contributed by atoms with Gasteiger partial charge in [0.25, 0.3) is 5.91 Å². The van der Waals surface area contributed by atoms with Crippen LogP contribution in [-0.4, -0.2) is 48.6 Å². The number of hydrogen-bond donors (Lipinski definition) is 1. The fourth-order valence-corrected chi connectivity index (χ4v) is 5.32. The van der Waals surface area contributed by atoms with Gasteiger partial charge in [0.1, 0.15) is 5.69 Å². The summed E-state index contributed by atoms with van der Waals surface area (Å²) in [6.07, 6.45) is 5.31. The molecule has 7 heteroatoms. The molecule has 1 amide bonds. The van der Waals surface area contributed by atoms with Crippen LogP contribution in [0.3, 0.4) is 0 Å². The highest BCUT2D eigenvalue weighted by molar-refractivity contribution is 7.90. The molecule has 2 aliphatic rings. The van der Waals surface area contributed by atoms with E-state index in [1.54, 1.807) is 17.0 Å². The zero-order valence-corrected chi connectivity index (χ0v) is 14.9. The third kappa shape index (κ3) is 3.95. The van der Waals surface area contributed by atoms with E-state index in [1.807, 2.05) is 13.0 Å². The number of sulfonamides is 1. The fraction of sp³-hybridized carbons (Fsp3) is 0.647. The lowest BCUT2D eigenvalue weighted by Gasteiger charge is -2.33. The maximum atomic E-state index is 12.6. The van der Waals surface area contributed by atoms with Crippen molar-refractivity contribution in [2.45, 2.75) is 56.7 Å². The predicted molar refractivity (Wildman–Crippen MR) is 92.2 cm³/mol. The summed E-state index contributed by atoms with van der Waals surface area (Å²) >= 11 is 0. The number of amides is 1. The predicted octanol–water partition coefficient (Wildman–Crippen LogP) is 1.86. The van der Waals surface area contributed by atoms with Crippen molar-refractivity contribution in [3.05, 3.63) is 29.6 Å². The van der Waals surface area contributed by atoms with Crippen molar-refractivity contribution >= 4 is 15.9 Å². The van der Waals surface area contributed by atoms with E-state index >= 15 is 0 Å². The number of aromatic nitrogens is 1. The van der Waals surface area contributed by atoms with E-state index in [-0.39, 0.29) is 18.5 Å². The third-order valence-electron chi connectivity index (χ3n) is 4.90. The molecule has 6 nitrogen and oxygen atoms in total. The van der Waals surface area contributed by atoms with Crippen LogP contribution in [0.4, 0.5) is 0 Å². The van der Waals surface area contributed by atoms with Gasteiger partial charge in [-0.25, -0.2) is 18.1 Å². The monoisotopic (exact) mass is 351 g/mol. The molecular formula is C17H25N3O3S. The summed E-state index contributed by atoms with van der Waals surface area (Å²) in [6, 6.07) is 5.39. The maximum Gasteiger partial charge on any atom is 0.272 e. The van der Waals surface area contributed by atoms with E-state index in [4.69, 9.17) is 0 Å². The molecule has 1 aromatic rings. The van der Waals surface area contributed by atoms with Gasteiger partial charge >= 0.3 is 0 Å². The van der Waals surface area contributed by atoms with E-state index < -0.39 is 15.3 Å². The summed E-state index contributed by atoms with van der Waals surface area (Å²) in [7, 11) is -3.39. The first-order valence-corrected chi connectivity index (χ1v) is 10.2. The lowest BCUT2D eigenvalue weighted by Crippen LogP contribution is -2.50. The molecule has 132 valence electrons. The number of pyridine rings is 1. The molecule has 0 radical (unpaired) electrons. The van der Waals surface area contributed by atoms with Crippen LogP contribution in [0, 0.1) is 6.92 Å². The van der Waals surface area contributed by atoms with Crippen LogP contribution in [0.1, 0.15) is 54.7 Å². The highest BCUT2D eigenvalue weighted by atomic mass is 32.2. The molecule has 1 saturated heterocycles. The molecule has 0 aromatic carbocycles. The number of nitrogens with one attached hydrogen (secondary N) is 1. The van der Waals surface area contributed by atoms with E-state index in [0.29, 0.717) is 25.1 Å². The van der Waals surface area contributed by atoms with Crippen LogP contribution in [0.5, 0.6) is 0 Å². The largest absolute Gasteiger partial charge is 0.336 e. The Labute approximate surface area is 143 Å². The second kappa shape index (κ2) is 7.19. The standard InChI is InChI=1S/C17H25N3O3S/c1-13-6-4-10-16(18-13)17(21)20-11-5-9-15(12-20)24(22,23)19-14-7-2-3-8-14/h4,6,10,14-15,19H,2-3,5,7-9,11-12H2,1H3. The van der Waals surface area contributed by atoms with Gasteiger partial charge < -0.3 is 4.90 Å². The Bertz CT molecular complexity index is 699. The molecule has 3 rings (SSSR count). The molecule has 1 saturated carbocycles. The number of carbonyl (C=O) groups excluding carboxylic acids is 1. The fourth-order valence-electron chi connectivity index (χ4n) is 3.57. The number of carbonyl (C=O) groups is 1. The average Bonchev–Trinajstić information content (AvgIpc) is 3.06. The molecule has 2 heterocycles. The van der Waals surface area contributed by atoms with Crippen LogP contribution < -0.4 is 4.72 Å². The first-order valence-electron chi connectivity index (χ1n) is 8.70. The molecule has 1 aliphatic heterocycles. The van der Waals surface area contributed by atoms with Gasteiger partial charge in [-0.1, -0.05) is 18.9 Å². The minimum Gasteiger partial charge on any atom is -0.336 e. The van der Waals surface area contributed by atoms with Gasteiger partial charge in [0.05, 0.1) is 5.25 Å². The van der Waals surface area contributed by atoms with E-state index in [1.165, 1.54) is 0 Å². The molecule has 0 bridgehead atoms. The Morgan fingerprint density at radius 3 is 2.67 bits per heavy atom. The van der Waals surface area contributed by atoms with Gasteiger partial charge in [0, 0.05) is 24.8 Å². The smallest absolute Gasteiger partial charge is 0.272 e. The number of nitrogens with zero attached hydrogens (tertiary/aromatic N) is 2. The number of likely N-dealkylation sites (tertiary alicyclic amines) is 1. The summed E-state index contributed by atoms with van der Waals surface area (Å²) in [4.78, 5) is 18.5. The Morgan fingerprint density at radius 2 is 1.96 bits per heavy atom. The first kappa shape index (κ1) is 17.4. The Morgan fingerprint density at radius 1 is 1.21 bits per heavy atom. The zero-order valence-electron chi connectivity index (χ0n) is 14.1. The van der Waals surface area contributed by atoms with Crippen molar-refractivity contribution in [3.8, 4) is 0 Å². The summed E-state index contributed by atoms with van der Waals surface area (Å²) in [5, 5.41) is -0.527. The van der Waals surface area contributed by atoms with Crippen molar-refractivity contribution in [1.29, 1.82) is 0 Å². The lowest BCUT2D eigenvalue weighted by atomic mass is 10.1. The molecule has 2 fully saturated rings. The van der Waals surface area contributed by atoms with Crippen molar-refractivity contribution in [3.63, 3.8) is 0 Å². The van der Waals surface area contributed by atoms with Gasteiger partial charge in [-0.15, -0.1) is 0 Å². The molecule has 1 N–H and O–H groups in total. The van der Waals surface area contributed by atoms with Crippen LogP contribution >= 0.6 is 0 Å². The van der Waals surface area contributed by atoms with E-state index in [0.717, 1.165) is 31.4 Å². The molecule has 1 unspecified atom stereocenters. The normalized spacial score (nSPS) is 22.7. The number of aryl methyl sites for hydroxylation is 1. The lowest BCUT2D eigenvalue weighted by molar-refractivity contribution is 0.0720. The van der Waals surface area contributed by atoms with Crippen molar-refractivity contribution in [1.82, 2.24) is 14.6 Å². The molecule has 24 heavy (non-hydrogen) atoms. The van der Waals surface area contributed by atoms with Gasteiger partial charge in [0.2, 0.25) is 10.0 Å². The van der Waals surface area contributed by atoms with Crippen molar-refractivity contribution < 1.29 is 13.2 Å². The van der Waals surface area contributed by atoms with Gasteiger partial charge in [-0.3, -0.25) is 4.79 Å². The minimum atomic E-state index is -3.39. The van der Waals surface area contributed by atoms with Gasteiger partial charge in [0.15, 0.2) is 0 Å². The summed E-state index contributed by atoms with van der Waals surface area (Å²) < 4.78 is 28.1. The van der Waals surface area contributed by atoms with Crippen LogP contribution in [0.25, 0.3) is 0 Å². The highest BCUT2D eigenvalue weighted by Crippen LogP contribution is 2.22. The maximum absolute atomic E-state index is 12.6. The third-order valence-corrected chi connectivity index (χ3v) is 6.82. The molecule has 0 spiro atoms. The zero-order chi connectivity index (χ0) is 17.2. The SMILES string of the molecule is Cc1cccc(C(=O)N2CCCC(S(=O)(=O)NC3CCCC3)C2)n1. The van der Waals surface area contributed by atoms with Crippen molar-refractivity contribution in [2.75, 3.05) is 13.1 Å². The molecule has 1 aliphatic carbocycles. The van der Waals surface area contributed by atoms with E-state index in [9.17, 15) is 13.2 Å². The topological polar surface area (TPSA) is 79.4 Å². The number of hydrogen-bond acceptors (Lipinski definition) is 4. The molecular weight excluding hydrogens is 326 g/mol. The van der Waals surface area contributed by atoms with Crippen molar-refractivity contribution in [2.24, 2.45) is 0 Å². The minimum absolute atomic E-state index is 0.0690. The first-order chi connectivity index (χ1) is 11.5. The second-order valence-electron chi connectivity index (χ2n) is 6.82. The summed E-state index contributed by atoms with van der Waals surface area (Å²) in [5.41, 5.74) is 1.17. The highest BCUT2D eigenvalue weighted by Gasteiger charge is 2.35. The number of piperidine rings is 1. The number of rotatable bonds is 4. The Hall–Kier alpha value is -1.47. The average molecular weight is 351 g/mol. The summed E-state index contributed by atoms with van der Waals surface area (Å²) in [5.74, 6) is -0.181. The second-order valence-corrected chi connectivity index (χ2v) is 8.82. The Kier molecular flexibility index (Phi) is 5.20. The summed E-state index contributed by atoms with van der Waals surface area (Å²) in [6.45, 7) is 2.67. The Balaban J connectivity index is 1.68. The molecule has 1 aromatic heterocycles.